The standard InChI is InChI=1S/C14H27NO/c1-5-6-12-16-14(8-7-9-14)10-11-15-13(2,3)4/h5-6,15H,7-12H2,1-4H3/b6-5+. The van der Waals surface area contributed by atoms with Crippen LogP contribution in [0.5, 0.6) is 0 Å². The first-order chi connectivity index (χ1) is 7.47. The zero-order valence-electron chi connectivity index (χ0n) is 11.3. The van der Waals surface area contributed by atoms with Crippen molar-refractivity contribution < 1.29 is 4.74 Å². The third kappa shape index (κ3) is 4.67. The minimum Gasteiger partial charge on any atom is -0.371 e. The minimum absolute atomic E-state index is 0.178. The van der Waals surface area contributed by atoms with Crippen LogP contribution >= 0.6 is 0 Å². The predicted molar refractivity (Wildman–Crippen MR) is 69.7 cm³/mol. The molecule has 0 aromatic rings. The van der Waals surface area contributed by atoms with E-state index in [0.29, 0.717) is 0 Å². The Morgan fingerprint density at radius 1 is 1.31 bits per heavy atom. The van der Waals surface area contributed by atoms with Crippen LogP contribution in [0, 0.1) is 0 Å². The van der Waals surface area contributed by atoms with E-state index in [9.17, 15) is 0 Å². The number of nitrogens with one attached hydrogen (secondary N) is 1. The van der Waals surface area contributed by atoms with Gasteiger partial charge in [-0.05, 0) is 59.9 Å². The summed E-state index contributed by atoms with van der Waals surface area (Å²) in [4.78, 5) is 0. The Labute approximate surface area is 100 Å². The van der Waals surface area contributed by atoms with Gasteiger partial charge in [-0.3, -0.25) is 0 Å². The summed E-state index contributed by atoms with van der Waals surface area (Å²) in [5, 5.41) is 3.54. The Morgan fingerprint density at radius 3 is 2.44 bits per heavy atom. The highest BCUT2D eigenvalue weighted by molar-refractivity contribution is 4.92. The van der Waals surface area contributed by atoms with E-state index in [2.05, 4.69) is 38.2 Å². The molecule has 0 unspecified atom stereocenters. The lowest BCUT2D eigenvalue weighted by atomic mass is 9.77. The summed E-state index contributed by atoms with van der Waals surface area (Å²) < 4.78 is 5.99. The first kappa shape index (κ1) is 13.7. The Morgan fingerprint density at radius 2 is 2.00 bits per heavy atom. The topological polar surface area (TPSA) is 21.3 Å². The molecule has 1 aliphatic carbocycles. The van der Waals surface area contributed by atoms with E-state index < -0.39 is 0 Å². The van der Waals surface area contributed by atoms with Crippen molar-refractivity contribution in [1.82, 2.24) is 5.32 Å². The van der Waals surface area contributed by atoms with Crippen molar-refractivity contribution in [1.29, 1.82) is 0 Å². The number of rotatable bonds is 6. The van der Waals surface area contributed by atoms with E-state index in [1.54, 1.807) is 0 Å². The molecule has 94 valence electrons. The highest BCUT2D eigenvalue weighted by atomic mass is 16.5. The van der Waals surface area contributed by atoms with Crippen molar-refractivity contribution in [2.75, 3.05) is 13.2 Å². The molecule has 1 N–H and O–H groups in total. The highest BCUT2D eigenvalue weighted by Crippen LogP contribution is 2.38. The molecule has 0 saturated heterocycles. The molecule has 1 rings (SSSR count). The molecule has 0 amide bonds. The fraction of sp³-hybridized carbons (Fsp3) is 0.857. The summed E-state index contributed by atoms with van der Waals surface area (Å²) >= 11 is 0. The lowest BCUT2D eigenvalue weighted by molar-refractivity contribution is -0.0936. The average molecular weight is 225 g/mol. The average Bonchev–Trinajstić information content (AvgIpc) is 2.11. The summed E-state index contributed by atoms with van der Waals surface area (Å²) in [6.45, 7) is 10.5. The van der Waals surface area contributed by atoms with E-state index in [1.165, 1.54) is 19.3 Å². The monoisotopic (exact) mass is 225 g/mol. The van der Waals surface area contributed by atoms with Gasteiger partial charge < -0.3 is 10.1 Å². The molecule has 0 heterocycles. The smallest absolute Gasteiger partial charge is 0.0699 e. The number of hydrogen-bond acceptors (Lipinski definition) is 2. The highest BCUT2D eigenvalue weighted by Gasteiger charge is 2.37. The third-order valence-electron chi connectivity index (χ3n) is 3.22. The maximum Gasteiger partial charge on any atom is 0.0699 e. The second-order valence-corrected chi connectivity index (χ2v) is 5.84. The first-order valence-electron chi connectivity index (χ1n) is 6.48. The van der Waals surface area contributed by atoms with Crippen LogP contribution in [-0.4, -0.2) is 24.3 Å². The summed E-state index contributed by atoms with van der Waals surface area (Å²) in [5.74, 6) is 0. The molecule has 2 heteroatoms. The van der Waals surface area contributed by atoms with Crippen molar-refractivity contribution in [2.24, 2.45) is 0 Å². The Hall–Kier alpha value is -0.340. The van der Waals surface area contributed by atoms with Crippen LogP contribution in [-0.2, 0) is 4.74 Å². The Balaban J connectivity index is 2.25. The van der Waals surface area contributed by atoms with Crippen molar-refractivity contribution in [3.05, 3.63) is 12.2 Å². The fourth-order valence-corrected chi connectivity index (χ4v) is 2.02. The van der Waals surface area contributed by atoms with Crippen molar-refractivity contribution in [2.45, 2.75) is 64.5 Å². The van der Waals surface area contributed by atoms with Gasteiger partial charge in [0, 0.05) is 5.54 Å². The number of allylic oxidation sites excluding steroid dienone is 1. The van der Waals surface area contributed by atoms with Crippen LogP contribution in [0.15, 0.2) is 12.2 Å². The minimum atomic E-state index is 0.178. The zero-order valence-corrected chi connectivity index (χ0v) is 11.3. The van der Waals surface area contributed by atoms with Crippen LogP contribution in [0.2, 0.25) is 0 Å². The third-order valence-corrected chi connectivity index (χ3v) is 3.22. The van der Waals surface area contributed by atoms with Gasteiger partial charge in [0.15, 0.2) is 0 Å². The van der Waals surface area contributed by atoms with Crippen molar-refractivity contribution in [3.63, 3.8) is 0 Å². The van der Waals surface area contributed by atoms with E-state index in [0.717, 1.165) is 19.6 Å². The quantitative estimate of drug-likeness (QED) is 0.700. The lowest BCUT2D eigenvalue weighted by Gasteiger charge is -2.42. The SMILES string of the molecule is C/C=C/COC1(CCNC(C)(C)C)CCC1. The van der Waals surface area contributed by atoms with Crippen molar-refractivity contribution >= 4 is 0 Å². The van der Waals surface area contributed by atoms with E-state index >= 15 is 0 Å². The van der Waals surface area contributed by atoms with Gasteiger partial charge in [0.25, 0.3) is 0 Å². The molecule has 0 radical (unpaired) electrons. The first-order valence-corrected chi connectivity index (χ1v) is 6.48. The van der Waals surface area contributed by atoms with Crippen LogP contribution in [0.1, 0.15) is 53.4 Å². The van der Waals surface area contributed by atoms with Crippen LogP contribution in [0.4, 0.5) is 0 Å². The normalized spacial score (nSPS) is 20.0. The Kier molecular flexibility index (Phi) is 5.00. The van der Waals surface area contributed by atoms with Gasteiger partial charge in [0.2, 0.25) is 0 Å². The molecule has 16 heavy (non-hydrogen) atoms. The van der Waals surface area contributed by atoms with Crippen molar-refractivity contribution in [3.8, 4) is 0 Å². The second kappa shape index (κ2) is 5.83. The van der Waals surface area contributed by atoms with E-state index in [-0.39, 0.29) is 11.1 Å². The van der Waals surface area contributed by atoms with Gasteiger partial charge in [0.05, 0.1) is 12.2 Å². The van der Waals surface area contributed by atoms with Gasteiger partial charge in [0.1, 0.15) is 0 Å². The Bertz CT molecular complexity index is 223. The van der Waals surface area contributed by atoms with Crippen LogP contribution in [0.25, 0.3) is 0 Å². The van der Waals surface area contributed by atoms with Gasteiger partial charge in [-0.2, -0.15) is 0 Å². The molecule has 2 nitrogen and oxygen atoms in total. The van der Waals surface area contributed by atoms with Gasteiger partial charge in [-0.15, -0.1) is 0 Å². The second-order valence-electron chi connectivity index (χ2n) is 5.84. The zero-order chi connectivity index (χ0) is 12.1. The molecule has 0 aromatic heterocycles. The summed E-state index contributed by atoms with van der Waals surface area (Å²) in [5.41, 5.74) is 0.395. The predicted octanol–water partition coefficient (Wildman–Crippen LogP) is 3.28. The summed E-state index contributed by atoms with van der Waals surface area (Å²) in [6.07, 6.45) is 9.08. The number of ether oxygens (including phenoxy) is 1. The summed E-state index contributed by atoms with van der Waals surface area (Å²) in [6, 6.07) is 0. The molecular weight excluding hydrogens is 198 g/mol. The molecule has 0 spiro atoms. The number of hydrogen-bond donors (Lipinski definition) is 1. The van der Waals surface area contributed by atoms with Crippen LogP contribution < -0.4 is 5.32 Å². The maximum atomic E-state index is 5.99. The molecular formula is C14H27NO. The van der Waals surface area contributed by atoms with E-state index in [4.69, 9.17) is 4.74 Å². The molecule has 0 bridgehead atoms. The van der Waals surface area contributed by atoms with Gasteiger partial charge in [-0.25, -0.2) is 0 Å². The van der Waals surface area contributed by atoms with Gasteiger partial charge in [-0.1, -0.05) is 12.2 Å². The summed E-state index contributed by atoms with van der Waals surface area (Å²) in [7, 11) is 0. The molecule has 1 saturated carbocycles. The lowest BCUT2D eigenvalue weighted by Crippen LogP contribution is -2.45. The fourth-order valence-electron chi connectivity index (χ4n) is 2.02. The molecule has 0 atom stereocenters. The largest absolute Gasteiger partial charge is 0.371 e. The van der Waals surface area contributed by atoms with Gasteiger partial charge >= 0.3 is 0 Å². The molecule has 1 fully saturated rings. The van der Waals surface area contributed by atoms with E-state index in [1.807, 2.05) is 6.92 Å². The molecule has 1 aliphatic rings. The molecule has 0 aliphatic heterocycles. The maximum absolute atomic E-state index is 5.99. The van der Waals surface area contributed by atoms with Crippen LogP contribution in [0.3, 0.4) is 0 Å². The molecule has 0 aromatic carbocycles.